The minimum absolute atomic E-state index is 0.00146. The van der Waals surface area contributed by atoms with Crippen molar-refractivity contribution in [2.75, 3.05) is 97.1 Å². The molecule has 0 aliphatic carbocycles. The number of alkyl halides is 1. The number of nitrogens with zero attached hydrogens (tertiary/aromatic N) is 3. The Morgan fingerprint density at radius 3 is 2.13 bits per heavy atom. The van der Waals surface area contributed by atoms with Crippen molar-refractivity contribution in [2.45, 2.75) is 52.0 Å². The van der Waals surface area contributed by atoms with Crippen LogP contribution in [0.5, 0.6) is 0 Å². The number of carbonyl (C=O) groups excluding carboxylic acids is 5. The number of carbonyl (C=O) groups is 6. The summed E-state index contributed by atoms with van der Waals surface area (Å²) in [5, 5.41) is 18.1. The van der Waals surface area contributed by atoms with E-state index in [0.29, 0.717) is 24.3 Å². The molecule has 0 bridgehead atoms. The number of halogens is 3. The molecule has 3 aromatic rings. The van der Waals surface area contributed by atoms with Crippen molar-refractivity contribution in [3.8, 4) is 11.1 Å². The molecule has 0 radical (unpaired) electrons. The van der Waals surface area contributed by atoms with Gasteiger partial charge < -0.3 is 49.5 Å². The zero-order valence-electron chi connectivity index (χ0n) is 39.7. The topological polar surface area (TPSA) is 207 Å². The fourth-order valence-electron chi connectivity index (χ4n) is 7.86. The largest absolute Gasteiger partial charge is 0.480 e. The van der Waals surface area contributed by atoms with Gasteiger partial charge in [-0.15, -0.1) is 11.8 Å². The lowest BCUT2D eigenvalue weighted by Crippen LogP contribution is -2.47. The number of rotatable bonds is 30. The molecule has 382 valence electrons. The Labute approximate surface area is 409 Å². The molecule has 1 saturated heterocycles. The molecule has 4 atom stereocenters. The number of carboxylic acid groups (broad SMARTS) is 1. The van der Waals surface area contributed by atoms with Crippen LogP contribution in [-0.4, -0.2) is 164 Å². The van der Waals surface area contributed by atoms with Crippen molar-refractivity contribution in [1.82, 2.24) is 30.3 Å². The first-order chi connectivity index (χ1) is 33.5. The number of imide groups is 1. The summed E-state index contributed by atoms with van der Waals surface area (Å²) < 4.78 is 68.7. The van der Waals surface area contributed by atoms with Crippen LogP contribution in [0.1, 0.15) is 44.5 Å². The van der Waals surface area contributed by atoms with E-state index in [0.717, 1.165) is 52.6 Å². The van der Waals surface area contributed by atoms with Gasteiger partial charge in [0.05, 0.1) is 64.6 Å². The summed E-state index contributed by atoms with van der Waals surface area (Å²) >= 11 is 1.02. The monoisotopic (exact) mass is 1000 g/mol. The second kappa shape index (κ2) is 27.7. The van der Waals surface area contributed by atoms with Crippen LogP contribution in [0, 0.1) is 23.0 Å². The normalized spacial score (nSPS) is 16.7. The SMILES string of the molecule is CC(C)(C)C(c1cc(-c2cc(F)ccc2F)cn1Cc1ccccc1)N(CC1CNCC1F)C(=O)CSC[C@H](NC(=O)CCOCCOCCOCCOCCNC(=O)CN1C(=O)C=CC1=O)C(=O)O. The summed E-state index contributed by atoms with van der Waals surface area (Å²) in [5.74, 6) is -5.89. The van der Waals surface area contributed by atoms with Gasteiger partial charge in [-0.05, 0) is 35.2 Å². The molecule has 70 heavy (non-hydrogen) atoms. The summed E-state index contributed by atoms with van der Waals surface area (Å²) in [6, 6.07) is 12.5. The van der Waals surface area contributed by atoms with E-state index in [1.165, 1.54) is 0 Å². The molecule has 3 heterocycles. The average Bonchev–Trinajstić information content (AvgIpc) is 4.01. The van der Waals surface area contributed by atoms with E-state index in [1.807, 2.05) is 55.7 Å². The molecular formula is C49H63F3N6O11S. The predicted molar refractivity (Wildman–Crippen MR) is 254 cm³/mol. The third kappa shape index (κ3) is 17.4. The number of nitrogens with one attached hydrogen (secondary N) is 3. The van der Waals surface area contributed by atoms with E-state index in [-0.39, 0.29) is 108 Å². The van der Waals surface area contributed by atoms with E-state index < -0.39 is 70.8 Å². The smallest absolute Gasteiger partial charge is 0.327 e. The number of carboxylic acids is 1. The van der Waals surface area contributed by atoms with Gasteiger partial charge in [-0.3, -0.25) is 28.9 Å². The standard InChI is InChI=1S/C49H63F3N6O11S/c1-49(2,3)47(41-23-34(37-24-36(50)9-10-38(37)51)28-56(41)27-33-7-5-4-6-8-33)58(29-35-25-53-26-39(35)52)46(63)32-70-31-40(48(64)65)55-42(59)13-15-66-17-19-68-21-22-69-20-18-67-16-14-54-43(60)30-57-44(61)11-12-45(57)62/h4-12,23-24,28,35,39-40,47,53H,13-22,25-27,29-32H2,1-3H3,(H,54,60)(H,55,59)(H,64,65)/t35?,39?,40-,47?/m0/s1. The molecule has 5 rings (SSSR count). The Morgan fingerprint density at radius 2 is 1.51 bits per heavy atom. The number of hydrogen-bond acceptors (Lipinski definition) is 12. The molecule has 1 aromatic heterocycles. The first kappa shape index (κ1) is 55.3. The lowest BCUT2D eigenvalue weighted by molar-refractivity contribution is -0.141. The number of aromatic nitrogens is 1. The van der Waals surface area contributed by atoms with Crippen LogP contribution in [0.15, 0.2) is 72.9 Å². The number of ether oxygens (including phenoxy) is 4. The van der Waals surface area contributed by atoms with Gasteiger partial charge in [-0.2, -0.15) is 0 Å². The Kier molecular flexibility index (Phi) is 21.9. The van der Waals surface area contributed by atoms with Crippen LogP contribution in [0.25, 0.3) is 11.1 Å². The lowest BCUT2D eigenvalue weighted by atomic mass is 9.82. The quantitative estimate of drug-likeness (QED) is 0.0556. The predicted octanol–water partition coefficient (Wildman–Crippen LogP) is 3.76. The molecule has 5 amide bonds. The van der Waals surface area contributed by atoms with Crippen molar-refractivity contribution < 1.29 is 66.0 Å². The second-order valence-electron chi connectivity index (χ2n) is 17.8. The van der Waals surface area contributed by atoms with Crippen LogP contribution < -0.4 is 16.0 Å². The second-order valence-corrected chi connectivity index (χ2v) is 18.8. The van der Waals surface area contributed by atoms with Crippen molar-refractivity contribution in [3.05, 3.63) is 95.8 Å². The van der Waals surface area contributed by atoms with Crippen molar-refractivity contribution in [1.29, 1.82) is 0 Å². The third-order valence-corrected chi connectivity index (χ3v) is 12.3. The zero-order chi connectivity index (χ0) is 50.6. The number of hydrogen-bond donors (Lipinski definition) is 4. The summed E-state index contributed by atoms with van der Waals surface area (Å²) in [5.41, 5.74) is 1.32. The number of benzene rings is 2. The Balaban J connectivity index is 1.06. The van der Waals surface area contributed by atoms with Crippen molar-refractivity contribution >= 4 is 47.3 Å². The van der Waals surface area contributed by atoms with E-state index in [2.05, 4.69) is 16.0 Å². The first-order valence-electron chi connectivity index (χ1n) is 23.1. The fraction of sp³-hybridized carbons (Fsp3) is 0.510. The summed E-state index contributed by atoms with van der Waals surface area (Å²) in [7, 11) is 0. The van der Waals surface area contributed by atoms with Gasteiger partial charge in [-0.25, -0.2) is 18.0 Å². The Bertz CT molecular complexity index is 2240. The number of thioether (sulfide) groups is 1. The van der Waals surface area contributed by atoms with E-state index in [9.17, 15) is 38.3 Å². The maximum absolute atomic E-state index is 15.3. The van der Waals surface area contributed by atoms with Gasteiger partial charge in [0, 0.05) is 86.0 Å². The Morgan fingerprint density at radius 1 is 0.871 bits per heavy atom. The van der Waals surface area contributed by atoms with E-state index in [4.69, 9.17) is 18.9 Å². The summed E-state index contributed by atoms with van der Waals surface area (Å²) in [6.07, 6.45) is 2.59. The van der Waals surface area contributed by atoms with Crippen molar-refractivity contribution in [2.24, 2.45) is 11.3 Å². The first-order valence-corrected chi connectivity index (χ1v) is 24.2. The van der Waals surface area contributed by atoms with Gasteiger partial charge >= 0.3 is 5.97 Å². The van der Waals surface area contributed by atoms with Crippen LogP contribution in [-0.2, 0) is 54.3 Å². The molecule has 2 aliphatic heterocycles. The molecule has 3 unspecified atom stereocenters. The van der Waals surface area contributed by atoms with Gasteiger partial charge in [0.2, 0.25) is 17.7 Å². The highest BCUT2D eigenvalue weighted by molar-refractivity contribution is 8.00. The van der Waals surface area contributed by atoms with Crippen LogP contribution in [0.3, 0.4) is 0 Å². The van der Waals surface area contributed by atoms with Gasteiger partial charge in [0.15, 0.2) is 0 Å². The number of amides is 5. The lowest BCUT2D eigenvalue weighted by Gasteiger charge is -2.42. The molecule has 1 fully saturated rings. The molecule has 2 aromatic carbocycles. The minimum atomic E-state index is -1.32. The van der Waals surface area contributed by atoms with Gasteiger partial charge in [0.1, 0.15) is 30.4 Å². The van der Waals surface area contributed by atoms with Crippen LogP contribution >= 0.6 is 11.8 Å². The Hall–Kier alpha value is -5.58. The van der Waals surface area contributed by atoms with Gasteiger partial charge in [-0.1, -0.05) is 51.1 Å². The number of aliphatic carboxylic acids is 1. The van der Waals surface area contributed by atoms with Crippen LogP contribution in [0.2, 0.25) is 0 Å². The highest BCUT2D eigenvalue weighted by atomic mass is 32.2. The molecular weight excluding hydrogens is 938 g/mol. The maximum atomic E-state index is 15.3. The fourth-order valence-corrected chi connectivity index (χ4v) is 8.78. The highest BCUT2D eigenvalue weighted by Gasteiger charge is 2.40. The maximum Gasteiger partial charge on any atom is 0.327 e. The third-order valence-electron chi connectivity index (χ3n) is 11.3. The minimum Gasteiger partial charge on any atom is -0.480 e. The molecule has 21 heteroatoms. The van der Waals surface area contributed by atoms with Crippen molar-refractivity contribution in [3.63, 3.8) is 0 Å². The summed E-state index contributed by atoms with van der Waals surface area (Å²) in [6.45, 7) is 8.21. The van der Waals surface area contributed by atoms with Crippen LogP contribution in [0.4, 0.5) is 13.2 Å². The van der Waals surface area contributed by atoms with Gasteiger partial charge in [0.25, 0.3) is 11.8 Å². The average molecular weight is 1000 g/mol. The molecule has 17 nitrogen and oxygen atoms in total. The highest BCUT2D eigenvalue weighted by Crippen LogP contribution is 2.42. The van der Waals surface area contributed by atoms with E-state index >= 15 is 8.78 Å². The van der Waals surface area contributed by atoms with E-state index in [1.54, 1.807) is 17.2 Å². The molecule has 0 saturated carbocycles. The summed E-state index contributed by atoms with van der Waals surface area (Å²) in [4.78, 5) is 76.9. The molecule has 0 spiro atoms. The molecule has 2 aliphatic rings. The molecule has 4 N–H and O–H groups in total. The zero-order valence-corrected chi connectivity index (χ0v) is 40.5.